The van der Waals surface area contributed by atoms with E-state index in [9.17, 15) is 0 Å². The molecule has 0 saturated heterocycles. The van der Waals surface area contributed by atoms with Crippen molar-refractivity contribution in [1.29, 1.82) is 0 Å². The summed E-state index contributed by atoms with van der Waals surface area (Å²) in [7, 11) is 3.29. The fourth-order valence-corrected chi connectivity index (χ4v) is 2.81. The van der Waals surface area contributed by atoms with E-state index in [1.807, 2.05) is 48.5 Å². The quantitative estimate of drug-likeness (QED) is 0.554. The highest BCUT2D eigenvalue weighted by molar-refractivity contribution is 5.78. The van der Waals surface area contributed by atoms with Crippen molar-refractivity contribution < 1.29 is 14.0 Å². The first kappa shape index (κ1) is 19.6. The van der Waals surface area contributed by atoms with Gasteiger partial charge in [0.2, 0.25) is 5.82 Å². The molecule has 146 valence electrons. The summed E-state index contributed by atoms with van der Waals surface area (Å²) in [6.07, 6.45) is 4.78. The second-order valence-electron chi connectivity index (χ2n) is 6.34. The van der Waals surface area contributed by atoms with E-state index in [1.54, 1.807) is 14.2 Å². The third-order valence-corrected chi connectivity index (χ3v) is 4.41. The van der Waals surface area contributed by atoms with Crippen LogP contribution < -0.4 is 15.2 Å². The maximum Gasteiger partial charge on any atom is 0.254 e. The van der Waals surface area contributed by atoms with E-state index in [4.69, 9.17) is 19.7 Å². The summed E-state index contributed by atoms with van der Waals surface area (Å²) < 4.78 is 16.0. The van der Waals surface area contributed by atoms with Crippen LogP contribution in [-0.4, -0.2) is 30.9 Å². The highest BCUT2D eigenvalue weighted by Crippen LogP contribution is 2.26. The molecule has 0 bridgehead atoms. The van der Waals surface area contributed by atoms with Gasteiger partial charge in [-0.15, -0.1) is 0 Å². The topological polar surface area (TPSA) is 83.4 Å². The minimum atomic E-state index is 0.527. The SMILES string of the molecule is COc1ccc(/C=C(\CCCCN)c2nc(-c3ccc(OC)cc3)no2)cc1. The number of aromatic nitrogens is 2. The van der Waals surface area contributed by atoms with E-state index < -0.39 is 0 Å². The Morgan fingerprint density at radius 2 is 1.61 bits per heavy atom. The molecule has 6 nitrogen and oxygen atoms in total. The number of methoxy groups -OCH3 is 2. The maximum atomic E-state index is 5.65. The van der Waals surface area contributed by atoms with Crippen LogP contribution in [0.2, 0.25) is 0 Å². The summed E-state index contributed by atoms with van der Waals surface area (Å²) in [5.74, 6) is 2.69. The molecule has 0 spiro atoms. The van der Waals surface area contributed by atoms with Crippen molar-refractivity contribution in [3.8, 4) is 22.9 Å². The van der Waals surface area contributed by atoms with Gasteiger partial charge in [-0.1, -0.05) is 17.3 Å². The van der Waals surface area contributed by atoms with Crippen molar-refractivity contribution in [2.24, 2.45) is 5.73 Å². The highest BCUT2D eigenvalue weighted by atomic mass is 16.5. The number of ether oxygens (including phenoxy) is 2. The third-order valence-electron chi connectivity index (χ3n) is 4.41. The fraction of sp³-hybridized carbons (Fsp3) is 0.273. The molecule has 3 rings (SSSR count). The molecule has 6 heteroatoms. The van der Waals surface area contributed by atoms with E-state index in [1.165, 1.54) is 0 Å². The van der Waals surface area contributed by atoms with Crippen molar-refractivity contribution in [2.45, 2.75) is 19.3 Å². The third kappa shape index (κ3) is 4.98. The number of nitrogens with zero attached hydrogens (tertiary/aromatic N) is 2. The molecule has 2 aromatic carbocycles. The summed E-state index contributed by atoms with van der Waals surface area (Å²) in [5.41, 5.74) is 8.56. The lowest BCUT2D eigenvalue weighted by molar-refractivity contribution is 0.406. The van der Waals surface area contributed by atoms with Crippen molar-refractivity contribution >= 4 is 11.6 Å². The number of hydrogen-bond donors (Lipinski definition) is 1. The van der Waals surface area contributed by atoms with Crippen LogP contribution in [0.15, 0.2) is 53.1 Å². The van der Waals surface area contributed by atoms with Crippen LogP contribution in [0.5, 0.6) is 11.5 Å². The Kier molecular flexibility index (Phi) is 6.81. The predicted octanol–water partition coefficient (Wildman–Crippen LogP) is 4.42. The van der Waals surface area contributed by atoms with Crippen molar-refractivity contribution in [3.05, 3.63) is 60.0 Å². The van der Waals surface area contributed by atoms with Crippen molar-refractivity contribution in [3.63, 3.8) is 0 Å². The Bertz CT molecular complexity index is 900. The molecule has 0 aliphatic heterocycles. The first-order chi connectivity index (χ1) is 13.7. The zero-order valence-corrected chi connectivity index (χ0v) is 16.2. The zero-order chi connectivity index (χ0) is 19.8. The average molecular weight is 379 g/mol. The van der Waals surface area contributed by atoms with Crippen LogP contribution in [0.3, 0.4) is 0 Å². The number of allylic oxidation sites excluding steroid dienone is 1. The second kappa shape index (κ2) is 9.71. The minimum absolute atomic E-state index is 0.527. The number of unbranched alkanes of at least 4 members (excludes halogenated alkanes) is 1. The maximum absolute atomic E-state index is 5.65. The van der Waals surface area contributed by atoms with Gasteiger partial charge in [-0.05, 0) is 73.8 Å². The van der Waals surface area contributed by atoms with Gasteiger partial charge in [-0.25, -0.2) is 0 Å². The molecule has 3 aromatic rings. The molecule has 0 atom stereocenters. The molecule has 1 heterocycles. The smallest absolute Gasteiger partial charge is 0.254 e. The van der Waals surface area contributed by atoms with Crippen molar-refractivity contribution in [2.75, 3.05) is 20.8 Å². The Balaban J connectivity index is 1.86. The van der Waals surface area contributed by atoms with Gasteiger partial charge in [0.1, 0.15) is 11.5 Å². The van der Waals surface area contributed by atoms with E-state index in [0.717, 1.165) is 47.5 Å². The van der Waals surface area contributed by atoms with E-state index in [0.29, 0.717) is 18.3 Å². The van der Waals surface area contributed by atoms with Crippen molar-refractivity contribution in [1.82, 2.24) is 10.1 Å². The normalized spacial score (nSPS) is 11.5. The number of hydrogen-bond acceptors (Lipinski definition) is 6. The summed E-state index contributed by atoms with van der Waals surface area (Å²) in [6.45, 7) is 0.663. The molecule has 0 saturated carbocycles. The molecular formula is C22H25N3O3. The molecule has 0 aliphatic carbocycles. The monoisotopic (exact) mass is 379 g/mol. The van der Waals surface area contributed by atoms with E-state index in [2.05, 4.69) is 16.2 Å². The zero-order valence-electron chi connectivity index (χ0n) is 16.2. The Labute approximate surface area is 165 Å². The lowest BCUT2D eigenvalue weighted by Crippen LogP contribution is -1.98. The number of nitrogens with two attached hydrogens (primary N) is 1. The first-order valence-corrected chi connectivity index (χ1v) is 9.26. The predicted molar refractivity (Wildman–Crippen MR) is 110 cm³/mol. The van der Waals surface area contributed by atoms with Gasteiger partial charge >= 0.3 is 0 Å². The highest BCUT2D eigenvalue weighted by Gasteiger charge is 2.13. The Morgan fingerprint density at radius 3 is 2.21 bits per heavy atom. The van der Waals surface area contributed by atoms with Crippen LogP contribution >= 0.6 is 0 Å². The minimum Gasteiger partial charge on any atom is -0.497 e. The van der Waals surface area contributed by atoms with Crippen LogP contribution in [0.25, 0.3) is 23.0 Å². The summed E-state index contributed by atoms with van der Waals surface area (Å²) in [4.78, 5) is 4.60. The molecule has 0 radical (unpaired) electrons. The molecule has 28 heavy (non-hydrogen) atoms. The van der Waals surface area contributed by atoms with Gasteiger partial charge in [0.05, 0.1) is 14.2 Å². The van der Waals surface area contributed by atoms with Gasteiger partial charge in [-0.3, -0.25) is 0 Å². The molecule has 0 aliphatic rings. The molecule has 2 N–H and O–H groups in total. The van der Waals surface area contributed by atoms with Crippen LogP contribution in [-0.2, 0) is 0 Å². The Hall–Kier alpha value is -3.12. The largest absolute Gasteiger partial charge is 0.497 e. The molecule has 0 fully saturated rings. The molecular weight excluding hydrogens is 354 g/mol. The molecule has 1 aromatic heterocycles. The molecule has 0 amide bonds. The van der Waals surface area contributed by atoms with E-state index >= 15 is 0 Å². The fourth-order valence-electron chi connectivity index (χ4n) is 2.81. The molecule has 0 unspecified atom stereocenters. The first-order valence-electron chi connectivity index (χ1n) is 9.26. The lowest BCUT2D eigenvalue weighted by atomic mass is 10.0. The van der Waals surface area contributed by atoms with Crippen LogP contribution in [0.1, 0.15) is 30.7 Å². The Morgan fingerprint density at radius 1 is 0.964 bits per heavy atom. The van der Waals surface area contributed by atoms with E-state index in [-0.39, 0.29) is 0 Å². The second-order valence-corrected chi connectivity index (χ2v) is 6.34. The number of benzene rings is 2. The van der Waals surface area contributed by atoms with Gasteiger partial charge in [0.25, 0.3) is 5.89 Å². The van der Waals surface area contributed by atoms with Gasteiger partial charge in [-0.2, -0.15) is 4.98 Å². The summed E-state index contributed by atoms with van der Waals surface area (Å²) in [6, 6.07) is 15.4. The number of rotatable bonds is 9. The summed E-state index contributed by atoms with van der Waals surface area (Å²) >= 11 is 0. The standard InChI is InChI=1S/C22H25N3O3/c1-26-19-10-6-16(7-11-19)15-18(5-3-4-14-23)22-24-21(25-28-22)17-8-12-20(27-2)13-9-17/h6-13,15H,3-5,14,23H2,1-2H3/b18-15+. The van der Waals surface area contributed by atoms with Gasteiger partial charge < -0.3 is 19.7 Å². The van der Waals surface area contributed by atoms with Gasteiger partial charge in [0, 0.05) is 11.1 Å². The van der Waals surface area contributed by atoms with Crippen LogP contribution in [0.4, 0.5) is 0 Å². The summed E-state index contributed by atoms with van der Waals surface area (Å²) in [5, 5.41) is 4.15. The van der Waals surface area contributed by atoms with Gasteiger partial charge in [0.15, 0.2) is 0 Å². The lowest BCUT2D eigenvalue weighted by Gasteiger charge is -2.04. The van der Waals surface area contributed by atoms with Crippen LogP contribution in [0, 0.1) is 0 Å². The average Bonchev–Trinajstić information content (AvgIpc) is 3.24.